The third-order valence-electron chi connectivity index (χ3n) is 1.37. The van der Waals surface area contributed by atoms with Gasteiger partial charge in [0.15, 0.2) is 0 Å². The van der Waals surface area contributed by atoms with Crippen molar-refractivity contribution in [2.24, 2.45) is 0 Å². The van der Waals surface area contributed by atoms with Crippen LogP contribution in [0.5, 0.6) is 0 Å². The Morgan fingerprint density at radius 3 is 2.60 bits per heavy atom. The smallest absolute Gasteiger partial charge is 0.331 e. The summed E-state index contributed by atoms with van der Waals surface area (Å²) >= 11 is 5.61. The molecule has 0 amide bonds. The SMILES string of the molecule is O=C(O)C1=CC=C(Cl)CC1. The summed E-state index contributed by atoms with van der Waals surface area (Å²) in [5, 5.41) is 9.21. The molecule has 0 unspecified atom stereocenters. The number of halogens is 1. The van der Waals surface area contributed by atoms with E-state index in [1.54, 1.807) is 12.2 Å². The zero-order valence-corrected chi connectivity index (χ0v) is 6.06. The highest BCUT2D eigenvalue weighted by atomic mass is 35.5. The van der Waals surface area contributed by atoms with Gasteiger partial charge in [0.05, 0.1) is 0 Å². The van der Waals surface area contributed by atoms with E-state index in [0.29, 0.717) is 18.4 Å². The third kappa shape index (κ3) is 1.61. The van der Waals surface area contributed by atoms with Gasteiger partial charge in [0.25, 0.3) is 0 Å². The number of carbonyl (C=O) groups is 1. The van der Waals surface area contributed by atoms with Gasteiger partial charge in [-0.2, -0.15) is 0 Å². The molecule has 0 heterocycles. The normalized spacial score (nSPS) is 17.7. The summed E-state index contributed by atoms with van der Waals surface area (Å²) < 4.78 is 0. The average Bonchev–Trinajstić information content (AvgIpc) is 1.88. The number of hydrogen-bond donors (Lipinski definition) is 1. The van der Waals surface area contributed by atoms with Gasteiger partial charge in [0.1, 0.15) is 0 Å². The van der Waals surface area contributed by atoms with Gasteiger partial charge < -0.3 is 5.11 Å². The summed E-state index contributed by atoms with van der Waals surface area (Å²) in [5.41, 5.74) is 0.435. The fourth-order valence-corrected chi connectivity index (χ4v) is 0.947. The second kappa shape index (κ2) is 2.88. The summed E-state index contributed by atoms with van der Waals surface area (Å²) in [6, 6.07) is 0. The van der Waals surface area contributed by atoms with E-state index in [4.69, 9.17) is 16.7 Å². The summed E-state index contributed by atoms with van der Waals surface area (Å²) in [6.45, 7) is 0. The Labute approximate surface area is 63.8 Å². The molecule has 0 atom stereocenters. The first-order chi connectivity index (χ1) is 4.70. The zero-order valence-electron chi connectivity index (χ0n) is 5.30. The summed E-state index contributed by atoms with van der Waals surface area (Å²) in [7, 11) is 0. The molecule has 0 saturated carbocycles. The third-order valence-corrected chi connectivity index (χ3v) is 1.69. The highest BCUT2D eigenvalue weighted by Crippen LogP contribution is 2.20. The highest BCUT2D eigenvalue weighted by molar-refractivity contribution is 6.29. The number of carboxylic acids is 1. The van der Waals surface area contributed by atoms with Crippen LogP contribution in [-0.2, 0) is 4.79 Å². The maximum atomic E-state index is 10.3. The van der Waals surface area contributed by atoms with Crippen LogP contribution >= 0.6 is 11.6 Å². The van der Waals surface area contributed by atoms with Crippen molar-refractivity contribution in [2.45, 2.75) is 12.8 Å². The van der Waals surface area contributed by atoms with Crippen LogP contribution in [-0.4, -0.2) is 11.1 Å². The second-order valence-electron chi connectivity index (χ2n) is 2.11. The lowest BCUT2D eigenvalue weighted by Gasteiger charge is -2.04. The van der Waals surface area contributed by atoms with E-state index in [0.717, 1.165) is 5.03 Å². The molecule has 0 radical (unpaired) electrons. The lowest BCUT2D eigenvalue weighted by molar-refractivity contribution is -0.132. The van der Waals surface area contributed by atoms with Crippen LogP contribution < -0.4 is 0 Å². The quantitative estimate of drug-likeness (QED) is 0.633. The molecule has 0 aromatic heterocycles. The second-order valence-corrected chi connectivity index (χ2v) is 2.60. The van der Waals surface area contributed by atoms with Crippen LogP contribution in [0.15, 0.2) is 22.8 Å². The molecule has 0 aromatic carbocycles. The molecular weight excluding hydrogens is 152 g/mol. The van der Waals surface area contributed by atoms with Gasteiger partial charge in [-0.1, -0.05) is 17.7 Å². The minimum Gasteiger partial charge on any atom is -0.478 e. The molecule has 1 rings (SSSR count). The predicted octanol–water partition coefficient (Wildman–Crippen LogP) is 1.91. The summed E-state index contributed by atoms with van der Waals surface area (Å²) in [6.07, 6.45) is 4.38. The fourth-order valence-electron chi connectivity index (χ4n) is 0.790. The van der Waals surface area contributed by atoms with E-state index in [9.17, 15) is 4.79 Å². The molecule has 0 bridgehead atoms. The molecule has 3 heteroatoms. The number of rotatable bonds is 1. The molecule has 0 aromatic rings. The topological polar surface area (TPSA) is 37.3 Å². The first kappa shape index (κ1) is 7.35. The molecule has 0 aliphatic heterocycles. The van der Waals surface area contributed by atoms with Gasteiger partial charge in [-0.05, 0) is 18.9 Å². The van der Waals surface area contributed by atoms with Crippen molar-refractivity contribution in [3.8, 4) is 0 Å². The van der Waals surface area contributed by atoms with Crippen molar-refractivity contribution >= 4 is 17.6 Å². The van der Waals surface area contributed by atoms with Crippen molar-refractivity contribution in [3.05, 3.63) is 22.8 Å². The average molecular weight is 159 g/mol. The molecule has 1 aliphatic rings. The van der Waals surface area contributed by atoms with E-state index in [-0.39, 0.29) is 0 Å². The lowest BCUT2D eigenvalue weighted by atomic mass is 10.1. The van der Waals surface area contributed by atoms with Crippen molar-refractivity contribution in [3.63, 3.8) is 0 Å². The lowest BCUT2D eigenvalue weighted by Crippen LogP contribution is -2.02. The molecule has 0 saturated heterocycles. The van der Waals surface area contributed by atoms with Gasteiger partial charge in [-0.3, -0.25) is 0 Å². The summed E-state index contributed by atoms with van der Waals surface area (Å²) in [4.78, 5) is 10.3. The van der Waals surface area contributed by atoms with Crippen LogP contribution in [0.4, 0.5) is 0 Å². The first-order valence-electron chi connectivity index (χ1n) is 2.98. The van der Waals surface area contributed by atoms with Crippen molar-refractivity contribution < 1.29 is 9.90 Å². The van der Waals surface area contributed by atoms with Crippen LogP contribution in [0.25, 0.3) is 0 Å². The van der Waals surface area contributed by atoms with Gasteiger partial charge in [0, 0.05) is 10.6 Å². The van der Waals surface area contributed by atoms with Gasteiger partial charge >= 0.3 is 5.97 Å². The molecule has 10 heavy (non-hydrogen) atoms. The minimum atomic E-state index is -0.847. The van der Waals surface area contributed by atoms with E-state index < -0.39 is 5.97 Å². The maximum Gasteiger partial charge on any atom is 0.331 e. The Morgan fingerprint density at radius 1 is 1.50 bits per heavy atom. The van der Waals surface area contributed by atoms with Gasteiger partial charge in [-0.25, -0.2) is 4.79 Å². The molecular formula is C7H7ClO2. The Kier molecular flexibility index (Phi) is 2.12. The van der Waals surface area contributed by atoms with Crippen LogP contribution in [0.2, 0.25) is 0 Å². The summed E-state index contributed by atoms with van der Waals surface area (Å²) in [5.74, 6) is -0.847. The van der Waals surface area contributed by atoms with Crippen molar-refractivity contribution in [1.82, 2.24) is 0 Å². The Bertz CT molecular complexity index is 216. The monoisotopic (exact) mass is 158 g/mol. The largest absolute Gasteiger partial charge is 0.478 e. The molecule has 1 N–H and O–H groups in total. The van der Waals surface area contributed by atoms with Crippen LogP contribution in [0, 0.1) is 0 Å². The molecule has 0 spiro atoms. The standard InChI is InChI=1S/C7H7ClO2/c8-6-3-1-5(2-4-6)7(9)10/h1,3H,2,4H2,(H,9,10). The highest BCUT2D eigenvalue weighted by Gasteiger charge is 2.09. The number of hydrogen-bond acceptors (Lipinski definition) is 1. The number of carboxylic acid groups (broad SMARTS) is 1. The molecule has 54 valence electrons. The fraction of sp³-hybridized carbons (Fsp3) is 0.286. The Balaban J connectivity index is 2.74. The van der Waals surface area contributed by atoms with Crippen LogP contribution in [0.1, 0.15) is 12.8 Å². The number of allylic oxidation sites excluding steroid dienone is 3. The van der Waals surface area contributed by atoms with E-state index in [2.05, 4.69) is 0 Å². The number of aliphatic carboxylic acids is 1. The van der Waals surface area contributed by atoms with Crippen molar-refractivity contribution in [1.29, 1.82) is 0 Å². The molecule has 1 aliphatic carbocycles. The van der Waals surface area contributed by atoms with Gasteiger partial charge in [-0.15, -0.1) is 0 Å². The Morgan fingerprint density at radius 2 is 2.20 bits per heavy atom. The zero-order chi connectivity index (χ0) is 7.56. The van der Waals surface area contributed by atoms with Crippen LogP contribution in [0.3, 0.4) is 0 Å². The van der Waals surface area contributed by atoms with Gasteiger partial charge in [0.2, 0.25) is 0 Å². The maximum absolute atomic E-state index is 10.3. The molecule has 2 nitrogen and oxygen atoms in total. The minimum absolute atomic E-state index is 0.435. The first-order valence-corrected chi connectivity index (χ1v) is 3.36. The predicted molar refractivity (Wildman–Crippen MR) is 38.9 cm³/mol. The Hall–Kier alpha value is -0.760. The van der Waals surface area contributed by atoms with Crippen molar-refractivity contribution in [2.75, 3.05) is 0 Å². The van der Waals surface area contributed by atoms with E-state index >= 15 is 0 Å². The van der Waals surface area contributed by atoms with E-state index in [1.165, 1.54) is 0 Å². The van der Waals surface area contributed by atoms with E-state index in [1.807, 2.05) is 0 Å². The molecule has 0 fully saturated rings.